The molecule has 0 fully saturated rings. The number of likely N-dealkylation sites (N-methyl/N-ethyl adjacent to an activating group) is 1. The molecule has 2 heterocycles. The minimum atomic E-state index is -1.54. The fourth-order valence-electron chi connectivity index (χ4n) is 3.78. The van der Waals surface area contributed by atoms with Crippen molar-refractivity contribution in [2.45, 2.75) is 17.7 Å². The zero-order valence-electron chi connectivity index (χ0n) is 21.2. The van der Waals surface area contributed by atoms with Gasteiger partial charge in [0.25, 0.3) is 5.88 Å². The zero-order valence-corrected chi connectivity index (χ0v) is 22.0. The van der Waals surface area contributed by atoms with Gasteiger partial charge in [-0.25, -0.2) is 9.37 Å². The van der Waals surface area contributed by atoms with E-state index in [1.165, 1.54) is 36.4 Å². The van der Waals surface area contributed by atoms with Gasteiger partial charge in [-0.15, -0.1) is 0 Å². The number of hydrogen-bond donors (Lipinski definition) is 4. The Morgan fingerprint density at radius 3 is 2.65 bits per heavy atom. The van der Waals surface area contributed by atoms with E-state index in [9.17, 15) is 18.5 Å². The molecular weight excluding hydrogens is 548 g/mol. The van der Waals surface area contributed by atoms with Crippen molar-refractivity contribution in [2.24, 2.45) is 10.7 Å². The monoisotopic (exact) mass is 573 g/mol. The van der Waals surface area contributed by atoms with E-state index in [-0.39, 0.29) is 41.5 Å². The van der Waals surface area contributed by atoms with Crippen LogP contribution in [-0.2, 0) is 15.6 Å². The molecule has 5 N–H and O–H groups in total. The molecule has 14 heteroatoms. The fraction of sp³-hybridized carbons (Fsp3) is 0.231. The second kappa shape index (κ2) is 12.1. The van der Waals surface area contributed by atoms with Crippen molar-refractivity contribution in [2.75, 3.05) is 25.9 Å². The van der Waals surface area contributed by atoms with Crippen LogP contribution < -0.4 is 15.2 Å². The maximum absolute atomic E-state index is 15.5. The van der Waals surface area contributed by atoms with Crippen LogP contribution >= 0.6 is 0 Å². The van der Waals surface area contributed by atoms with E-state index in [4.69, 9.17) is 25.7 Å². The van der Waals surface area contributed by atoms with Gasteiger partial charge in [-0.2, -0.15) is 4.39 Å². The number of phenols is 1. The van der Waals surface area contributed by atoms with Gasteiger partial charge >= 0.3 is 5.97 Å². The molecule has 1 unspecified atom stereocenters. The predicted octanol–water partition coefficient (Wildman–Crippen LogP) is 3.60. The Kier molecular flexibility index (Phi) is 8.58. The minimum Gasteiger partial charge on any atom is -0.504 e. The number of amidine groups is 2. The maximum atomic E-state index is 15.5. The number of benzene rings is 2. The highest BCUT2D eigenvalue weighted by atomic mass is 32.2. The number of aliphatic carboxylic acids is 1. The number of carbonyl (C=O) groups is 1. The Balaban J connectivity index is 1.68. The van der Waals surface area contributed by atoms with Crippen LogP contribution in [0, 0.1) is 17.0 Å². The number of aromatic nitrogens is 1. The number of hydrogen-bond acceptors (Lipinski definition) is 9. The molecule has 2 aromatic carbocycles. The first-order valence-corrected chi connectivity index (χ1v) is 13.2. The molecule has 0 bridgehead atoms. The third-order valence-electron chi connectivity index (χ3n) is 5.82. The molecule has 11 nitrogen and oxygen atoms in total. The number of nitrogen functional groups attached to an aromatic ring is 1. The molecule has 40 heavy (non-hydrogen) atoms. The number of ether oxygens (including phenoxy) is 2. The average Bonchev–Trinajstić information content (AvgIpc) is 3.34. The topological polar surface area (TPSA) is 171 Å². The van der Waals surface area contributed by atoms with Crippen LogP contribution in [0.3, 0.4) is 0 Å². The lowest BCUT2D eigenvalue weighted by atomic mass is 10.1. The molecule has 0 spiro atoms. The van der Waals surface area contributed by atoms with Gasteiger partial charge in [-0.1, -0.05) is 0 Å². The quantitative estimate of drug-likeness (QED) is 0.198. The van der Waals surface area contributed by atoms with Gasteiger partial charge in [0.2, 0.25) is 11.6 Å². The SMILES string of the molecule is CN1CCN=C1c1cc(S(=O)CCCC(=O)O)ccc1Oc1c(F)cnc(Oc2cc(C(=N)N)ccc2O)c1F. The minimum absolute atomic E-state index is 0.00941. The van der Waals surface area contributed by atoms with E-state index in [2.05, 4.69) is 9.98 Å². The number of rotatable bonds is 11. The van der Waals surface area contributed by atoms with E-state index in [0.29, 0.717) is 35.6 Å². The Hall–Kier alpha value is -4.59. The molecule has 0 amide bonds. The predicted molar refractivity (Wildman–Crippen MR) is 142 cm³/mol. The summed E-state index contributed by atoms with van der Waals surface area (Å²) in [5.74, 6) is -5.39. The van der Waals surface area contributed by atoms with Crippen LogP contribution in [0.5, 0.6) is 28.9 Å². The summed E-state index contributed by atoms with van der Waals surface area (Å²) in [6, 6.07) is 8.15. The summed E-state index contributed by atoms with van der Waals surface area (Å²) in [5.41, 5.74) is 5.98. The first-order valence-electron chi connectivity index (χ1n) is 11.9. The Morgan fingerprint density at radius 2 is 1.98 bits per heavy atom. The van der Waals surface area contributed by atoms with E-state index < -0.39 is 45.8 Å². The molecule has 1 aliphatic rings. The Labute approximate surface area is 229 Å². The van der Waals surface area contributed by atoms with Gasteiger partial charge in [0, 0.05) is 36.2 Å². The third kappa shape index (κ3) is 6.34. The molecular formula is C26H25F2N5O6S. The first kappa shape index (κ1) is 28.4. The molecule has 1 aromatic heterocycles. The van der Waals surface area contributed by atoms with E-state index in [1.807, 2.05) is 0 Å². The van der Waals surface area contributed by atoms with Gasteiger partial charge in [0.1, 0.15) is 17.4 Å². The smallest absolute Gasteiger partial charge is 0.303 e. The highest BCUT2D eigenvalue weighted by molar-refractivity contribution is 7.85. The van der Waals surface area contributed by atoms with Gasteiger partial charge in [0.15, 0.2) is 17.3 Å². The van der Waals surface area contributed by atoms with Crippen molar-refractivity contribution < 1.29 is 37.5 Å². The number of nitrogens with two attached hydrogens (primary N) is 1. The molecule has 1 aliphatic heterocycles. The van der Waals surface area contributed by atoms with Crippen LogP contribution in [0.15, 0.2) is 52.5 Å². The molecule has 0 saturated heterocycles. The lowest BCUT2D eigenvalue weighted by Gasteiger charge is -2.19. The second-order valence-electron chi connectivity index (χ2n) is 8.69. The number of carboxylic acid groups (broad SMARTS) is 1. The molecule has 0 aliphatic carbocycles. The largest absolute Gasteiger partial charge is 0.504 e. The summed E-state index contributed by atoms with van der Waals surface area (Å²) in [7, 11) is 0.234. The summed E-state index contributed by atoms with van der Waals surface area (Å²) in [6.45, 7) is 1.05. The summed E-state index contributed by atoms with van der Waals surface area (Å²) in [6.07, 6.45) is 0.763. The molecule has 3 aromatic rings. The van der Waals surface area contributed by atoms with Crippen molar-refractivity contribution in [3.8, 4) is 28.9 Å². The molecule has 0 saturated carbocycles. The van der Waals surface area contributed by atoms with Crippen molar-refractivity contribution in [1.82, 2.24) is 9.88 Å². The summed E-state index contributed by atoms with van der Waals surface area (Å²) in [4.78, 5) is 21.0. The third-order valence-corrected chi connectivity index (χ3v) is 7.26. The first-order chi connectivity index (χ1) is 19.0. The number of nitrogens with one attached hydrogen (secondary N) is 1. The number of halogens is 2. The van der Waals surface area contributed by atoms with Gasteiger partial charge in [-0.05, 0) is 42.8 Å². The number of carboxylic acids is 1. The Morgan fingerprint density at radius 1 is 1.20 bits per heavy atom. The van der Waals surface area contributed by atoms with Crippen LogP contribution in [0.25, 0.3) is 0 Å². The molecule has 4 rings (SSSR count). The summed E-state index contributed by atoms with van der Waals surface area (Å²) < 4.78 is 54.1. The van der Waals surface area contributed by atoms with Crippen LogP contribution in [0.4, 0.5) is 8.78 Å². The summed E-state index contributed by atoms with van der Waals surface area (Å²) >= 11 is 0. The lowest BCUT2D eigenvalue weighted by Crippen LogP contribution is -2.24. The van der Waals surface area contributed by atoms with Crippen LogP contribution in [0.2, 0.25) is 0 Å². The highest BCUT2D eigenvalue weighted by Crippen LogP contribution is 2.38. The van der Waals surface area contributed by atoms with Crippen molar-refractivity contribution in [1.29, 1.82) is 5.41 Å². The summed E-state index contributed by atoms with van der Waals surface area (Å²) in [5, 5.41) is 26.5. The fourth-order valence-corrected chi connectivity index (χ4v) is 4.90. The number of phenolic OH excluding ortho intramolecular Hbond substituents is 1. The zero-order chi connectivity index (χ0) is 29.0. The number of aliphatic imine (C=N–C) groups is 1. The normalized spacial score (nSPS) is 13.6. The van der Waals surface area contributed by atoms with E-state index >= 15 is 4.39 Å². The maximum Gasteiger partial charge on any atom is 0.303 e. The van der Waals surface area contributed by atoms with Gasteiger partial charge in [-0.3, -0.25) is 19.4 Å². The van der Waals surface area contributed by atoms with Gasteiger partial charge < -0.3 is 30.3 Å². The van der Waals surface area contributed by atoms with Gasteiger partial charge in [0.05, 0.1) is 29.1 Å². The number of aromatic hydroxyl groups is 1. The Bertz CT molecular complexity index is 1530. The van der Waals surface area contributed by atoms with Crippen molar-refractivity contribution >= 4 is 28.4 Å². The van der Waals surface area contributed by atoms with Crippen molar-refractivity contribution in [3.63, 3.8) is 0 Å². The molecule has 0 radical (unpaired) electrons. The number of pyridine rings is 1. The van der Waals surface area contributed by atoms with E-state index in [0.717, 1.165) is 0 Å². The van der Waals surface area contributed by atoms with Crippen molar-refractivity contribution in [3.05, 3.63) is 65.4 Å². The standard InChI is InChI=1S/C26H25F2N5O6S/c1-33-9-8-31-25(33)16-12-15(40(37)10-2-3-21(35)36)5-7-19(16)38-23-17(27)13-32-26(22(23)28)39-20-11-14(24(29)30)4-6-18(20)34/h4-7,11-13,34H,2-3,8-10H2,1H3,(H3,29,30)(H,35,36). The van der Waals surface area contributed by atoms with E-state index in [1.54, 1.807) is 11.9 Å². The van der Waals surface area contributed by atoms with Crippen LogP contribution in [-0.4, -0.2) is 67.8 Å². The average molecular weight is 574 g/mol. The van der Waals surface area contributed by atoms with Crippen LogP contribution in [0.1, 0.15) is 24.0 Å². The number of nitrogens with zero attached hydrogens (tertiary/aromatic N) is 3. The highest BCUT2D eigenvalue weighted by Gasteiger charge is 2.25. The second-order valence-corrected chi connectivity index (χ2v) is 10.3. The molecule has 210 valence electrons. The lowest BCUT2D eigenvalue weighted by molar-refractivity contribution is -0.137. The molecule has 1 atom stereocenters.